The number of fused-ring (bicyclic) bond motifs is 3. The fraction of sp³-hybridized carbons (Fsp3) is 0.474. The first kappa shape index (κ1) is 56.5. The van der Waals surface area contributed by atoms with Gasteiger partial charge in [-0.15, -0.1) is 0 Å². The van der Waals surface area contributed by atoms with E-state index in [1.165, 1.54) is 22.3 Å². The van der Waals surface area contributed by atoms with E-state index in [0.717, 1.165) is 33.8 Å². The molecule has 1 aliphatic rings. The molecule has 0 amide bonds. The Morgan fingerprint density at radius 1 is 0.479 bits per heavy atom. The Bertz CT molecular complexity index is 2160. The van der Waals surface area contributed by atoms with Crippen LogP contribution < -0.4 is 9.47 Å². The van der Waals surface area contributed by atoms with Gasteiger partial charge in [0, 0.05) is 11.1 Å². The average molecular weight is 983 g/mol. The molecule has 4 aromatic carbocycles. The van der Waals surface area contributed by atoms with Crippen LogP contribution in [0.5, 0.6) is 11.5 Å². The van der Waals surface area contributed by atoms with E-state index >= 15 is 0 Å². The summed E-state index contributed by atoms with van der Waals surface area (Å²) in [6, 6.07) is 30.6. The molecular formula is C57H74O14. The number of carbonyl (C=O) groups is 2. The molecule has 0 aliphatic heterocycles. The zero-order valence-electron chi connectivity index (χ0n) is 42.4. The smallest absolute Gasteiger partial charge is 0.333 e. The Hall–Kier alpha value is -5.42. The summed E-state index contributed by atoms with van der Waals surface area (Å²) in [5.74, 6) is 0.868. The Kier molecular flexibility index (Phi) is 23.2. The summed E-state index contributed by atoms with van der Waals surface area (Å²) in [6.07, 6.45) is -1.85. The number of aliphatic hydroxyl groups excluding tert-OH is 2. The normalized spacial score (nSPS) is 13.4. The Labute approximate surface area is 419 Å². The molecule has 0 aromatic heterocycles. The third-order valence-corrected chi connectivity index (χ3v) is 11.7. The Morgan fingerprint density at radius 2 is 0.817 bits per heavy atom. The lowest BCUT2D eigenvalue weighted by Crippen LogP contribution is -2.29. The minimum atomic E-state index is -0.926. The van der Waals surface area contributed by atoms with Gasteiger partial charge < -0.3 is 57.6 Å². The van der Waals surface area contributed by atoms with Crippen molar-refractivity contribution < 1.29 is 67.2 Å². The van der Waals surface area contributed by atoms with Crippen molar-refractivity contribution in [3.05, 3.63) is 143 Å². The largest absolute Gasteiger partial charge is 0.491 e. The monoisotopic (exact) mass is 983 g/mol. The molecule has 2 unspecified atom stereocenters. The molecule has 14 heteroatoms. The molecule has 1 aliphatic carbocycles. The van der Waals surface area contributed by atoms with Crippen LogP contribution in [-0.4, -0.2) is 140 Å². The van der Waals surface area contributed by atoms with Crippen molar-refractivity contribution >= 4 is 11.9 Å². The molecule has 0 heterocycles. The predicted molar refractivity (Wildman–Crippen MR) is 271 cm³/mol. The van der Waals surface area contributed by atoms with E-state index in [4.69, 9.17) is 47.4 Å². The van der Waals surface area contributed by atoms with Crippen LogP contribution in [0.15, 0.2) is 109 Å². The van der Waals surface area contributed by atoms with Gasteiger partial charge in [-0.1, -0.05) is 114 Å². The summed E-state index contributed by atoms with van der Waals surface area (Å²) in [5.41, 5.74) is 9.27. The first-order valence-corrected chi connectivity index (χ1v) is 24.5. The SMILES string of the molecule is C=C(C)C(=O)OCC(O)COCCOCCOCCOc1ccc(C2(c3ccc(OCCOCCOCCOCC(O)COC(=O)C(=C)C)c(C(C)C)c3)c3ccccc3-c3ccccc32)cc1C(C)C. The van der Waals surface area contributed by atoms with Crippen LogP contribution in [0.3, 0.4) is 0 Å². The highest BCUT2D eigenvalue weighted by atomic mass is 16.6. The molecule has 0 fully saturated rings. The standard InChI is InChI=1S/C57H74O14/c1-39(2)49-33-43(17-19-53(49)68-31-29-64-23-21-62-25-27-66-35-45(58)37-70-55(60)41(5)6)57(51-15-11-9-13-47(51)48-14-10-12-16-52(48)57)44-18-20-54(50(34-44)40(3)4)69-32-30-65-24-22-63-26-28-67-36-46(59)38-71-56(61)42(7)8/h9-20,33-34,39-40,45-46,58-59H,5,7,21-32,35-38H2,1-4,6,8H3. The predicted octanol–water partition coefficient (Wildman–Crippen LogP) is 8.11. The van der Waals surface area contributed by atoms with Crippen molar-refractivity contribution in [1.29, 1.82) is 0 Å². The molecule has 2 atom stereocenters. The topological polar surface area (TPSA) is 167 Å². The number of rotatable bonds is 34. The van der Waals surface area contributed by atoms with E-state index in [-0.39, 0.29) is 62.6 Å². The van der Waals surface area contributed by atoms with Crippen LogP contribution in [0.2, 0.25) is 0 Å². The molecule has 14 nitrogen and oxygen atoms in total. The van der Waals surface area contributed by atoms with Gasteiger partial charge in [-0.3, -0.25) is 0 Å². The quantitative estimate of drug-likeness (QED) is 0.0231. The van der Waals surface area contributed by atoms with Crippen LogP contribution >= 0.6 is 0 Å². The molecule has 0 saturated heterocycles. The third-order valence-electron chi connectivity index (χ3n) is 11.7. The second-order valence-electron chi connectivity index (χ2n) is 18.0. The van der Waals surface area contributed by atoms with Crippen LogP contribution in [0, 0.1) is 0 Å². The maximum Gasteiger partial charge on any atom is 0.333 e. The number of aliphatic hydroxyl groups is 2. The van der Waals surface area contributed by atoms with E-state index in [1.54, 1.807) is 13.8 Å². The highest BCUT2D eigenvalue weighted by Gasteiger charge is 2.46. The van der Waals surface area contributed by atoms with E-state index in [2.05, 4.69) is 126 Å². The summed E-state index contributed by atoms with van der Waals surface area (Å²) in [5, 5.41) is 19.8. The number of carbonyl (C=O) groups excluding carboxylic acids is 2. The van der Waals surface area contributed by atoms with Crippen molar-refractivity contribution in [2.75, 3.05) is 106 Å². The summed E-state index contributed by atoms with van der Waals surface area (Å²) in [4.78, 5) is 22.9. The number of benzene rings is 4. The lowest BCUT2D eigenvalue weighted by Gasteiger charge is -2.35. The van der Waals surface area contributed by atoms with Gasteiger partial charge >= 0.3 is 11.9 Å². The van der Waals surface area contributed by atoms with Crippen LogP contribution in [0.1, 0.15) is 86.8 Å². The third kappa shape index (κ3) is 16.3. The van der Waals surface area contributed by atoms with E-state index < -0.39 is 29.6 Å². The minimum absolute atomic E-state index is 0.0247. The Balaban J connectivity index is 1.17. The highest BCUT2D eigenvalue weighted by Crippen LogP contribution is 2.57. The van der Waals surface area contributed by atoms with Gasteiger partial charge in [0.2, 0.25) is 0 Å². The summed E-state index contributed by atoms with van der Waals surface area (Å²) < 4.78 is 56.3. The summed E-state index contributed by atoms with van der Waals surface area (Å²) >= 11 is 0. The van der Waals surface area contributed by atoms with Gasteiger partial charge in [-0.2, -0.15) is 0 Å². The van der Waals surface area contributed by atoms with E-state index in [0.29, 0.717) is 66.1 Å². The average Bonchev–Trinajstić information content (AvgIpc) is 3.66. The highest BCUT2D eigenvalue weighted by molar-refractivity contribution is 5.88. The van der Waals surface area contributed by atoms with Crippen molar-refractivity contribution in [3.8, 4) is 22.6 Å². The Morgan fingerprint density at radius 3 is 1.17 bits per heavy atom. The van der Waals surface area contributed by atoms with Gasteiger partial charge in [0.15, 0.2) is 0 Å². The van der Waals surface area contributed by atoms with Crippen molar-refractivity contribution in [1.82, 2.24) is 0 Å². The van der Waals surface area contributed by atoms with Gasteiger partial charge in [0.1, 0.15) is 50.1 Å². The first-order chi connectivity index (χ1) is 34.2. The molecule has 0 spiro atoms. The van der Waals surface area contributed by atoms with Gasteiger partial charge in [0.05, 0.1) is 84.7 Å². The van der Waals surface area contributed by atoms with Crippen molar-refractivity contribution in [2.24, 2.45) is 0 Å². The minimum Gasteiger partial charge on any atom is -0.491 e. The molecule has 0 saturated carbocycles. The maximum atomic E-state index is 11.5. The summed E-state index contributed by atoms with van der Waals surface area (Å²) in [6.45, 7) is 22.9. The molecule has 71 heavy (non-hydrogen) atoms. The lowest BCUT2D eigenvalue weighted by molar-refractivity contribution is -0.144. The van der Waals surface area contributed by atoms with E-state index in [9.17, 15) is 19.8 Å². The fourth-order valence-electron chi connectivity index (χ4n) is 8.18. The summed E-state index contributed by atoms with van der Waals surface area (Å²) in [7, 11) is 0. The van der Waals surface area contributed by atoms with Crippen LogP contribution in [0.25, 0.3) is 11.1 Å². The second-order valence-corrected chi connectivity index (χ2v) is 18.0. The molecule has 0 bridgehead atoms. The maximum absolute atomic E-state index is 11.5. The first-order valence-electron chi connectivity index (χ1n) is 24.5. The molecule has 386 valence electrons. The molecule has 2 N–H and O–H groups in total. The number of esters is 2. The fourth-order valence-corrected chi connectivity index (χ4v) is 8.18. The van der Waals surface area contributed by atoms with E-state index in [1.807, 2.05) is 0 Å². The number of ether oxygens (including phenoxy) is 10. The van der Waals surface area contributed by atoms with Crippen LogP contribution in [-0.2, 0) is 52.9 Å². The van der Waals surface area contributed by atoms with Crippen molar-refractivity contribution in [3.63, 3.8) is 0 Å². The zero-order chi connectivity index (χ0) is 51.2. The molecule has 4 aromatic rings. The lowest BCUT2D eigenvalue weighted by atomic mass is 9.66. The second kappa shape index (κ2) is 29.2. The number of hydrogen-bond acceptors (Lipinski definition) is 14. The molecule has 0 radical (unpaired) electrons. The number of hydrogen-bond donors (Lipinski definition) is 2. The molecular weight excluding hydrogens is 909 g/mol. The van der Waals surface area contributed by atoms with Crippen LogP contribution in [0.4, 0.5) is 0 Å². The zero-order valence-corrected chi connectivity index (χ0v) is 42.4. The molecule has 5 rings (SSSR count). The van der Waals surface area contributed by atoms with Gasteiger partial charge in [-0.05, 0) is 82.3 Å². The van der Waals surface area contributed by atoms with Gasteiger partial charge in [-0.25, -0.2) is 9.59 Å². The van der Waals surface area contributed by atoms with Gasteiger partial charge in [0.25, 0.3) is 0 Å². The van der Waals surface area contributed by atoms with Crippen molar-refractivity contribution in [2.45, 2.75) is 71.0 Å².